The summed E-state index contributed by atoms with van der Waals surface area (Å²) < 4.78 is 5.74. The van der Waals surface area contributed by atoms with Crippen LogP contribution in [0, 0.1) is 34.0 Å². The third-order valence-corrected chi connectivity index (χ3v) is 8.41. The number of esters is 1. The van der Waals surface area contributed by atoms with Gasteiger partial charge in [0.25, 0.3) is 0 Å². The molecule has 3 heteroatoms. The Morgan fingerprint density at radius 1 is 1.27 bits per heavy atom. The SMILES string of the molecule is C=C1[C@H]2[C@@]3(CCC[C@@]2(C)C(=O)OC3)[C@@H]2CC[C@@H]3C[C@]12C[C@@H]3O. The number of allylic oxidation sites excluding steroid dienone is 1. The van der Waals surface area contributed by atoms with Gasteiger partial charge in [-0.15, -0.1) is 0 Å². The predicted molar refractivity (Wildman–Crippen MR) is 81.9 cm³/mol. The second kappa shape index (κ2) is 3.80. The van der Waals surface area contributed by atoms with Crippen LogP contribution in [0.25, 0.3) is 0 Å². The molecule has 0 radical (unpaired) electrons. The first-order chi connectivity index (χ1) is 10.4. The standard InChI is InChI=1S/C19H26O3/c1-11-15-17(2)6-3-7-18(15,10-22-16(17)21)14-5-4-12-8-19(11,14)9-13(12)20/h12-15,20H,1,3-10H2,2H3/t12-,13+,14+,15-,17-,18-,19+/m1/s1. The van der Waals surface area contributed by atoms with Crippen molar-refractivity contribution in [3.8, 4) is 0 Å². The number of rotatable bonds is 0. The van der Waals surface area contributed by atoms with Gasteiger partial charge in [0.15, 0.2) is 0 Å². The van der Waals surface area contributed by atoms with Gasteiger partial charge in [-0.3, -0.25) is 4.79 Å². The number of ether oxygens (including phenoxy) is 1. The summed E-state index contributed by atoms with van der Waals surface area (Å²) in [4.78, 5) is 12.6. The number of carbonyl (C=O) groups is 1. The van der Waals surface area contributed by atoms with E-state index in [1.165, 1.54) is 18.4 Å². The summed E-state index contributed by atoms with van der Waals surface area (Å²) >= 11 is 0. The third-order valence-electron chi connectivity index (χ3n) is 8.41. The van der Waals surface area contributed by atoms with Gasteiger partial charge in [-0.25, -0.2) is 0 Å². The average Bonchev–Trinajstić information content (AvgIpc) is 2.87. The summed E-state index contributed by atoms with van der Waals surface area (Å²) in [6.07, 6.45) is 7.38. The minimum atomic E-state index is -0.372. The van der Waals surface area contributed by atoms with Crippen molar-refractivity contribution in [2.75, 3.05) is 6.61 Å². The minimum Gasteiger partial charge on any atom is -0.465 e. The smallest absolute Gasteiger partial charge is 0.312 e. The Balaban J connectivity index is 1.71. The summed E-state index contributed by atoms with van der Waals surface area (Å²) in [6, 6.07) is 0. The summed E-state index contributed by atoms with van der Waals surface area (Å²) in [6.45, 7) is 7.28. The van der Waals surface area contributed by atoms with Crippen molar-refractivity contribution in [2.45, 2.75) is 58.0 Å². The van der Waals surface area contributed by atoms with Gasteiger partial charge in [-0.1, -0.05) is 18.6 Å². The molecule has 1 saturated heterocycles. The van der Waals surface area contributed by atoms with Crippen LogP contribution >= 0.6 is 0 Å². The zero-order valence-electron chi connectivity index (χ0n) is 13.4. The van der Waals surface area contributed by atoms with Gasteiger partial charge >= 0.3 is 5.97 Å². The van der Waals surface area contributed by atoms with Crippen molar-refractivity contribution < 1.29 is 14.6 Å². The molecule has 0 amide bonds. The number of carbonyl (C=O) groups excluding carboxylic acids is 1. The highest BCUT2D eigenvalue weighted by atomic mass is 16.5. The molecule has 7 atom stereocenters. The van der Waals surface area contributed by atoms with Crippen LogP contribution in [0.4, 0.5) is 0 Å². The normalized spacial score (nSPS) is 59.0. The van der Waals surface area contributed by atoms with Crippen molar-refractivity contribution in [1.82, 2.24) is 0 Å². The molecule has 0 aromatic rings. The highest BCUT2D eigenvalue weighted by Crippen LogP contribution is 2.77. The Labute approximate surface area is 132 Å². The Morgan fingerprint density at radius 2 is 2.09 bits per heavy atom. The van der Waals surface area contributed by atoms with E-state index >= 15 is 0 Å². The van der Waals surface area contributed by atoms with E-state index in [-0.39, 0.29) is 34.2 Å². The molecule has 5 fully saturated rings. The predicted octanol–water partition coefficient (Wildman–Crippen LogP) is 3.07. The first kappa shape index (κ1) is 13.6. The maximum Gasteiger partial charge on any atom is 0.312 e. The maximum absolute atomic E-state index is 12.6. The molecule has 5 rings (SSSR count). The fraction of sp³-hybridized carbons (Fsp3) is 0.842. The Bertz CT molecular complexity index is 579. The van der Waals surface area contributed by atoms with Crippen LogP contribution in [0.2, 0.25) is 0 Å². The van der Waals surface area contributed by atoms with Crippen molar-refractivity contribution in [3.05, 3.63) is 12.2 Å². The van der Waals surface area contributed by atoms with Crippen LogP contribution in [0.5, 0.6) is 0 Å². The molecular weight excluding hydrogens is 276 g/mol. The third kappa shape index (κ3) is 1.22. The van der Waals surface area contributed by atoms with E-state index in [1.54, 1.807) is 0 Å². The van der Waals surface area contributed by atoms with Crippen LogP contribution in [-0.2, 0) is 9.53 Å². The van der Waals surface area contributed by atoms with Gasteiger partial charge < -0.3 is 9.84 Å². The van der Waals surface area contributed by atoms with E-state index in [0.717, 1.165) is 32.1 Å². The summed E-state index contributed by atoms with van der Waals surface area (Å²) in [5, 5.41) is 10.5. The first-order valence-electron chi connectivity index (χ1n) is 8.99. The van der Waals surface area contributed by atoms with Crippen LogP contribution in [0.3, 0.4) is 0 Å². The van der Waals surface area contributed by atoms with Crippen molar-refractivity contribution in [3.63, 3.8) is 0 Å². The quantitative estimate of drug-likeness (QED) is 0.552. The van der Waals surface area contributed by atoms with E-state index in [9.17, 15) is 9.90 Å². The number of aliphatic hydroxyl groups excluding tert-OH is 1. The molecule has 4 aliphatic carbocycles. The fourth-order valence-electron chi connectivity index (χ4n) is 7.73. The molecule has 22 heavy (non-hydrogen) atoms. The fourth-order valence-corrected chi connectivity index (χ4v) is 7.73. The molecule has 5 aliphatic rings. The van der Waals surface area contributed by atoms with E-state index in [0.29, 0.717) is 18.4 Å². The lowest BCUT2D eigenvalue weighted by atomic mass is 9.52. The van der Waals surface area contributed by atoms with Crippen molar-refractivity contribution >= 4 is 5.97 Å². The van der Waals surface area contributed by atoms with Gasteiger partial charge in [-0.05, 0) is 62.7 Å². The molecule has 1 spiro atoms. The lowest BCUT2D eigenvalue weighted by Gasteiger charge is -2.55. The van der Waals surface area contributed by atoms with Gasteiger partial charge in [-0.2, -0.15) is 0 Å². The van der Waals surface area contributed by atoms with E-state index < -0.39 is 0 Å². The highest BCUT2D eigenvalue weighted by molar-refractivity contribution is 5.79. The maximum atomic E-state index is 12.6. The zero-order chi connectivity index (χ0) is 15.3. The molecule has 4 bridgehead atoms. The average molecular weight is 302 g/mol. The van der Waals surface area contributed by atoms with Crippen LogP contribution < -0.4 is 0 Å². The molecule has 4 saturated carbocycles. The van der Waals surface area contributed by atoms with E-state index in [1.807, 2.05) is 0 Å². The molecular formula is C19H26O3. The van der Waals surface area contributed by atoms with Crippen LogP contribution in [0.1, 0.15) is 51.9 Å². The highest BCUT2D eigenvalue weighted by Gasteiger charge is 2.74. The molecule has 120 valence electrons. The van der Waals surface area contributed by atoms with Crippen molar-refractivity contribution in [2.24, 2.45) is 34.0 Å². The van der Waals surface area contributed by atoms with Crippen LogP contribution in [-0.4, -0.2) is 23.8 Å². The lowest BCUT2D eigenvalue weighted by Crippen LogP contribution is -2.56. The van der Waals surface area contributed by atoms with Gasteiger partial charge in [0, 0.05) is 11.3 Å². The molecule has 0 aromatic carbocycles. The van der Waals surface area contributed by atoms with Gasteiger partial charge in [0.1, 0.15) is 0 Å². The summed E-state index contributed by atoms with van der Waals surface area (Å²) in [7, 11) is 0. The second-order valence-corrected chi connectivity index (χ2v) is 9.06. The summed E-state index contributed by atoms with van der Waals surface area (Å²) in [5.74, 6) is 1.30. The Hall–Kier alpha value is -0.830. The molecule has 1 aliphatic heterocycles. The number of aliphatic hydroxyl groups is 1. The molecule has 1 N–H and O–H groups in total. The number of fused-ring (bicyclic) bond motifs is 1. The zero-order valence-corrected chi connectivity index (χ0v) is 13.4. The number of hydrogen-bond donors (Lipinski definition) is 1. The Kier molecular flexibility index (Phi) is 2.35. The lowest BCUT2D eigenvalue weighted by molar-refractivity contribution is -0.194. The van der Waals surface area contributed by atoms with Crippen LogP contribution in [0.15, 0.2) is 12.2 Å². The van der Waals surface area contributed by atoms with Gasteiger partial charge in [0.05, 0.1) is 18.1 Å². The monoisotopic (exact) mass is 302 g/mol. The number of cyclic esters (lactones) is 1. The Morgan fingerprint density at radius 3 is 2.91 bits per heavy atom. The number of hydrogen-bond acceptors (Lipinski definition) is 3. The van der Waals surface area contributed by atoms with Gasteiger partial charge in [0.2, 0.25) is 0 Å². The summed E-state index contributed by atoms with van der Waals surface area (Å²) in [5.41, 5.74) is 1.14. The molecule has 0 aromatic heterocycles. The largest absolute Gasteiger partial charge is 0.465 e. The molecule has 3 nitrogen and oxygen atoms in total. The van der Waals surface area contributed by atoms with Crippen molar-refractivity contribution in [1.29, 1.82) is 0 Å². The van der Waals surface area contributed by atoms with E-state index in [2.05, 4.69) is 13.5 Å². The second-order valence-electron chi connectivity index (χ2n) is 9.06. The molecule has 0 unspecified atom stereocenters. The molecule has 1 heterocycles. The minimum absolute atomic E-state index is 0.000817. The first-order valence-corrected chi connectivity index (χ1v) is 8.99. The van der Waals surface area contributed by atoms with E-state index in [4.69, 9.17) is 4.74 Å². The topological polar surface area (TPSA) is 46.5 Å².